The molecule has 0 aliphatic heterocycles. The fourth-order valence-electron chi connectivity index (χ4n) is 2.66. The number of fused-ring (bicyclic) bond motifs is 1. The summed E-state index contributed by atoms with van der Waals surface area (Å²) in [5.74, 6) is 0.624. The van der Waals surface area contributed by atoms with E-state index in [2.05, 4.69) is 25.5 Å². The quantitative estimate of drug-likeness (QED) is 0.536. The number of carbonyl (C=O) groups excluding carboxylic acids is 1. The van der Waals surface area contributed by atoms with Gasteiger partial charge in [-0.05, 0) is 12.5 Å². The van der Waals surface area contributed by atoms with E-state index in [1.54, 1.807) is 12.5 Å². The fraction of sp³-hybridized carbons (Fsp3) is 0.176. The van der Waals surface area contributed by atoms with E-state index < -0.39 is 0 Å². The molecule has 0 aliphatic carbocycles. The molecule has 0 unspecified atom stereocenters. The largest absolute Gasteiger partial charge is 0.302 e. The van der Waals surface area contributed by atoms with Gasteiger partial charge in [-0.2, -0.15) is 5.10 Å². The number of H-pyrrole nitrogens is 1. The number of nitrogens with one attached hydrogen (secondary N) is 2. The summed E-state index contributed by atoms with van der Waals surface area (Å²) in [4.78, 5) is 20.4. The van der Waals surface area contributed by atoms with Gasteiger partial charge >= 0.3 is 0 Å². The molecule has 4 aromatic rings. The number of nitrogens with zero attached hydrogens (tertiary/aromatic N) is 4. The second-order valence-electron chi connectivity index (χ2n) is 5.67. The highest BCUT2D eigenvalue weighted by atomic mass is 35.5. The first kappa shape index (κ1) is 16.7. The van der Waals surface area contributed by atoms with Gasteiger partial charge in [0.25, 0.3) is 0 Å². The van der Waals surface area contributed by atoms with Gasteiger partial charge in [0.2, 0.25) is 5.91 Å². The normalized spacial score (nSPS) is 11.2. The molecule has 3 aromatic heterocycles. The van der Waals surface area contributed by atoms with E-state index in [-0.39, 0.29) is 5.91 Å². The van der Waals surface area contributed by atoms with Crippen molar-refractivity contribution in [3.05, 3.63) is 41.8 Å². The monoisotopic (exact) mass is 386 g/mol. The second-order valence-corrected chi connectivity index (χ2v) is 7.08. The Morgan fingerprint density at radius 3 is 3.04 bits per heavy atom. The Morgan fingerprint density at radius 1 is 1.38 bits per heavy atom. The van der Waals surface area contributed by atoms with Crippen LogP contribution in [0, 0.1) is 0 Å². The number of halogens is 1. The van der Waals surface area contributed by atoms with Crippen LogP contribution in [-0.4, -0.2) is 30.6 Å². The molecule has 0 radical (unpaired) electrons. The van der Waals surface area contributed by atoms with Crippen LogP contribution in [0.15, 0.2) is 36.8 Å². The van der Waals surface area contributed by atoms with Crippen LogP contribution in [0.2, 0.25) is 5.02 Å². The van der Waals surface area contributed by atoms with Gasteiger partial charge in [-0.25, -0.2) is 9.97 Å². The highest BCUT2D eigenvalue weighted by molar-refractivity contribution is 7.22. The van der Waals surface area contributed by atoms with E-state index in [1.807, 2.05) is 35.8 Å². The Bertz CT molecular complexity index is 1080. The molecule has 0 saturated carbocycles. The van der Waals surface area contributed by atoms with Gasteiger partial charge in [0.05, 0.1) is 11.9 Å². The molecule has 4 rings (SSSR count). The number of thiazole rings is 1. The van der Waals surface area contributed by atoms with Gasteiger partial charge in [-0.3, -0.25) is 14.5 Å². The van der Waals surface area contributed by atoms with Crippen molar-refractivity contribution in [3.8, 4) is 17.1 Å². The number of rotatable bonds is 5. The van der Waals surface area contributed by atoms with Crippen LogP contribution in [0.5, 0.6) is 0 Å². The highest BCUT2D eigenvalue weighted by Crippen LogP contribution is 2.33. The molecule has 1 aromatic carbocycles. The Balaban J connectivity index is 1.75. The third-order valence-electron chi connectivity index (χ3n) is 3.84. The topological polar surface area (TPSA) is 88.5 Å². The summed E-state index contributed by atoms with van der Waals surface area (Å²) < 4.78 is 2.69. The molecule has 0 saturated heterocycles. The Kier molecular flexibility index (Phi) is 4.44. The lowest BCUT2D eigenvalue weighted by Gasteiger charge is -2.06. The van der Waals surface area contributed by atoms with Crippen LogP contribution < -0.4 is 5.32 Å². The van der Waals surface area contributed by atoms with E-state index in [4.69, 9.17) is 11.6 Å². The molecule has 3 heterocycles. The van der Waals surface area contributed by atoms with Crippen LogP contribution in [0.25, 0.3) is 27.4 Å². The van der Waals surface area contributed by atoms with Crippen LogP contribution in [0.1, 0.15) is 19.8 Å². The predicted molar refractivity (Wildman–Crippen MR) is 103 cm³/mol. The van der Waals surface area contributed by atoms with E-state index in [1.165, 1.54) is 11.3 Å². The third kappa shape index (κ3) is 2.97. The lowest BCUT2D eigenvalue weighted by Crippen LogP contribution is -2.10. The summed E-state index contributed by atoms with van der Waals surface area (Å²) in [6.07, 6.45) is 4.69. The fourth-order valence-corrected chi connectivity index (χ4v) is 3.81. The lowest BCUT2D eigenvalue weighted by molar-refractivity contribution is -0.116. The van der Waals surface area contributed by atoms with E-state index in [9.17, 15) is 4.79 Å². The average molecular weight is 387 g/mol. The number of hydrogen-bond acceptors (Lipinski definition) is 5. The van der Waals surface area contributed by atoms with Crippen LogP contribution in [0.3, 0.4) is 0 Å². The van der Waals surface area contributed by atoms with Crippen LogP contribution in [-0.2, 0) is 4.79 Å². The van der Waals surface area contributed by atoms with Crippen molar-refractivity contribution in [2.24, 2.45) is 0 Å². The standard InChI is InChI=1S/C17H15ClN6OS/c1-2-5-13(25)20-17-21-15-14(26-17)16(23-22-15)24-9-19-8-12(24)10-6-3-4-7-11(10)18/h3-4,6-9H,2,5H2,1H3,(H2,20,21,22,23,25). The molecule has 0 fully saturated rings. The van der Waals surface area contributed by atoms with Gasteiger partial charge in [0, 0.05) is 17.0 Å². The predicted octanol–water partition coefficient (Wildman–Crippen LogP) is 4.26. The van der Waals surface area contributed by atoms with E-state index >= 15 is 0 Å². The summed E-state index contributed by atoms with van der Waals surface area (Å²) in [5, 5.41) is 11.3. The molecule has 7 nitrogen and oxygen atoms in total. The van der Waals surface area contributed by atoms with Gasteiger partial charge < -0.3 is 5.32 Å². The molecular formula is C17H15ClN6OS. The first-order valence-electron chi connectivity index (χ1n) is 8.09. The van der Waals surface area contributed by atoms with E-state index in [0.717, 1.165) is 22.4 Å². The number of hydrogen-bond donors (Lipinski definition) is 2. The van der Waals surface area contributed by atoms with Gasteiger partial charge in [0.15, 0.2) is 16.6 Å². The van der Waals surface area contributed by atoms with E-state index in [0.29, 0.717) is 28.0 Å². The molecule has 26 heavy (non-hydrogen) atoms. The number of aromatic amines is 1. The third-order valence-corrected chi connectivity index (χ3v) is 5.13. The summed E-state index contributed by atoms with van der Waals surface area (Å²) >= 11 is 7.70. The minimum atomic E-state index is -0.0437. The number of carbonyl (C=O) groups is 1. The summed E-state index contributed by atoms with van der Waals surface area (Å²) in [6.45, 7) is 1.96. The molecule has 1 amide bonds. The smallest absolute Gasteiger partial charge is 0.226 e. The van der Waals surface area contributed by atoms with Crippen molar-refractivity contribution in [1.29, 1.82) is 0 Å². The summed E-state index contributed by atoms with van der Waals surface area (Å²) in [5.41, 5.74) is 2.31. The molecule has 2 N–H and O–H groups in total. The molecule has 0 atom stereocenters. The Morgan fingerprint density at radius 2 is 2.23 bits per heavy atom. The molecule has 0 aliphatic rings. The zero-order chi connectivity index (χ0) is 18.1. The molecule has 132 valence electrons. The van der Waals surface area contributed by atoms with Crippen molar-refractivity contribution in [2.45, 2.75) is 19.8 Å². The van der Waals surface area contributed by atoms with Crippen LogP contribution in [0.4, 0.5) is 5.13 Å². The maximum atomic E-state index is 11.8. The maximum absolute atomic E-state index is 11.8. The Labute approximate surface area is 158 Å². The number of imidazole rings is 1. The lowest BCUT2D eigenvalue weighted by atomic mass is 10.1. The van der Waals surface area contributed by atoms with Crippen molar-refractivity contribution in [1.82, 2.24) is 24.7 Å². The van der Waals surface area contributed by atoms with Gasteiger partial charge in [-0.1, -0.05) is 48.1 Å². The number of benzene rings is 1. The van der Waals surface area contributed by atoms with Gasteiger partial charge in [0.1, 0.15) is 11.0 Å². The highest BCUT2D eigenvalue weighted by Gasteiger charge is 2.18. The molecule has 0 spiro atoms. The first-order chi connectivity index (χ1) is 12.7. The van der Waals surface area contributed by atoms with Crippen molar-refractivity contribution >= 4 is 44.3 Å². The SMILES string of the molecule is CCCC(=O)Nc1nc2[nH]nc(-n3cncc3-c3ccccc3Cl)c2s1. The number of aromatic nitrogens is 5. The molecular weight excluding hydrogens is 372 g/mol. The molecule has 0 bridgehead atoms. The second kappa shape index (κ2) is 6.89. The average Bonchev–Trinajstić information content (AvgIpc) is 3.30. The van der Waals surface area contributed by atoms with Crippen molar-refractivity contribution in [3.63, 3.8) is 0 Å². The number of amides is 1. The van der Waals surface area contributed by atoms with Crippen molar-refractivity contribution in [2.75, 3.05) is 5.32 Å². The minimum absolute atomic E-state index is 0.0437. The molecule has 9 heteroatoms. The summed E-state index contributed by atoms with van der Waals surface area (Å²) in [7, 11) is 0. The summed E-state index contributed by atoms with van der Waals surface area (Å²) in [6, 6.07) is 7.58. The van der Waals surface area contributed by atoms with Crippen LogP contribution >= 0.6 is 22.9 Å². The van der Waals surface area contributed by atoms with Gasteiger partial charge in [-0.15, -0.1) is 0 Å². The zero-order valence-electron chi connectivity index (χ0n) is 13.9. The minimum Gasteiger partial charge on any atom is -0.302 e. The van der Waals surface area contributed by atoms with Crippen molar-refractivity contribution < 1.29 is 4.79 Å². The maximum Gasteiger partial charge on any atom is 0.226 e. The Hall–Kier alpha value is -2.71. The number of anilines is 1. The first-order valence-corrected chi connectivity index (χ1v) is 9.29. The zero-order valence-corrected chi connectivity index (χ0v) is 15.4.